The Morgan fingerprint density at radius 2 is 1.70 bits per heavy atom. The summed E-state index contributed by atoms with van der Waals surface area (Å²) in [5.41, 5.74) is 2.13. The molecule has 118 valence electrons. The van der Waals surface area contributed by atoms with E-state index in [1.165, 1.54) is 6.92 Å². The van der Waals surface area contributed by atoms with Crippen molar-refractivity contribution < 1.29 is 9.53 Å². The lowest BCUT2D eigenvalue weighted by Gasteiger charge is -2.28. The molecule has 0 saturated carbocycles. The minimum atomic E-state index is -0.975. The number of benzene rings is 2. The van der Waals surface area contributed by atoms with Crippen molar-refractivity contribution in [2.75, 3.05) is 0 Å². The summed E-state index contributed by atoms with van der Waals surface area (Å²) in [7, 11) is 0. The predicted octanol–water partition coefficient (Wildman–Crippen LogP) is 4.94. The van der Waals surface area contributed by atoms with Crippen LogP contribution >= 0.6 is 0 Å². The van der Waals surface area contributed by atoms with Crippen LogP contribution in [0.1, 0.15) is 38.7 Å². The normalized spacial score (nSPS) is 12.9. The second-order valence-corrected chi connectivity index (χ2v) is 5.61. The fraction of sp³-hybridized carbons (Fsp3) is 0.286. The summed E-state index contributed by atoms with van der Waals surface area (Å²) in [6, 6.07) is 18.1. The summed E-state index contributed by atoms with van der Waals surface area (Å²) in [4.78, 5) is 11.5. The quantitative estimate of drug-likeness (QED) is 0.558. The smallest absolute Gasteiger partial charge is 0.304 e. The maximum atomic E-state index is 11.5. The van der Waals surface area contributed by atoms with Crippen molar-refractivity contribution in [2.45, 2.75) is 38.7 Å². The molecule has 0 aromatic heterocycles. The lowest BCUT2D eigenvalue weighted by atomic mass is 9.88. The Bertz CT molecular complexity index is 680. The molecule has 0 radical (unpaired) electrons. The molecule has 0 saturated heterocycles. The number of esters is 1. The van der Waals surface area contributed by atoms with E-state index in [0.29, 0.717) is 6.42 Å². The number of ether oxygens (including phenoxy) is 1. The molecule has 0 aliphatic carbocycles. The Morgan fingerprint density at radius 1 is 1.09 bits per heavy atom. The van der Waals surface area contributed by atoms with Crippen molar-refractivity contribution >= 4 is 5.97 Å². The van der Waals surface area contributed by atoms with Crippen LogP contribution < -0.4 is 0 Å². The molecule has 2 rings (SSSR count). The highest BCUT2D eigenvalue weighted by Crippen LogP contribution is 2.32. The molecule has 0 spiro atoms. The van der Waals surface area contributed by atoms with Crippen LogP contribution in [-0.2, 0) is 15.1 Å². The molecular formula is C21H22O2. The summed E-state index contributed by atoms with van der Waals surface area (Å²) >= 11 is 0. The van der Waals surface area contributed by atoms with Crippen LogP contribution in [-0.4, -0.2) is 5.97 Å². The zero-order chi connectivity index (χ0) is 16.7. The minimum absolute atomic E-state index is 0.355. The maximum absolute atomic E-state index is 11.5. The molecule has 1 atom stereocenters. The molecule has 0 bridgehead atoms. The van der Waals surface area contributed by atoms with Gasteiger partial charge in [0.25, 0.3) is 0 Å². The fourth-order valence-electron chi connectivity index (χ4n) is 2.67. The van der Waals surface area contributed by atoms with Crippen molar-refractivity contribution in [3.63, 3.8) is 0 Å². The number of hydrogen-bond donors (Lipinski definition) is 0. The first-order chi connectivity index (χ1) is 11.1. The van der Waals surface area contributed by atoms with Gasteiger partial charge in [0.15, 0.2) is 5.60 Å². The third-order valence-corrected chi connectivity index (χ3v) is 3.89. The molecule has 0 aliphatic rings. The van der Waals surface area contributed by atoms with Crippen LogP contribution in [0.5, 0.6) is 0 Å². The second-order valence-electron chi connectivity index (χ2n) is 5.61. The van der Waals surface area contributed by atoms with Crippen molar-refractivity contribution in [1.82, 2.24) is 0 Å². The van der Waals surface area contributed by atoms with Crippen molar-refractivity contribution in [3.05, 3.63) is 60.2 Å². The molecule has 0 aliphatic heterocycles. The first-order valence-electron chi connectivity index (χ1n) is 7.94. The summed E-state index contributed by atoms with van der Waals surface area (Å²) in [5, 5.41) is 0. The number of rotatable bonds is 6. The van der Waals surface area contributed by atoms with Gasteiger partial charge in [0.1, 0.15) is 0 Å². The topological polar surface area (TPSA) is 26.3 Å². The van der Waals surface area contributed by atoms with Crippen LogP contribution in [0.25, 0.3) is 11.1 Å². The number of terminal acetylenes is 1. The van der Waals surface area contributed by atoms with E-state index < -0.39 is 5.60 Å². The number of unbranched alkanes of at least 4 members (excludes halogenated alkanes) is 1. The highest BCUT2D eigenvalue weighted by Gasteiger charge is 2.32. The Balaban J connectivity index is 2.36. The van der Waals surface area contributed by atoms with Crippen LogP contribution in [0.4, 0.5) is 0 Å². The van der Waals surface area contributed by atoms with Gasteiger partial charge in [0.05, 0.1) is 0 Å². The van der Waals surface area contributed by atoms with E-state index in [0.717, 1.165) is 29.5 Å². The lowest BCUT2D eigenvalue weighted by Crippen LogP contribution is -2.30. The molecule has 0 N–H and O–H groups in total. The zero-order valence-electron chi connectivity index (χ0n) is 13.7. The van der Waals surface area contributed by atoms with Crippen molar-refractivity contribution in [3.8, 4) is 23.5 Å². The standard InChI is InChI=1S/C21H22O2/c1-4-6-16-21(5-2,23-17(3)22)20-14-12-19(13-15-20)18-10-8-7-9-11-18/h2,7-15H,4,6,16H2,1,3H3. The summed E-state index contributed by atoms with van der Waals surface area (Å²) in [5.74, 6) is 2.36. The Kier molecular flexibility index (Phi) is 5.60. The Morgan fingerprint density at radius 3 is 2.22 bits per heavy atom. The van der Waals surface area contributed by atoms with E-state index in [2.05, 4.69) is 25.0 Å². The SMILES string of the molecule is C#CC(CCCC)(OC(C)=O)c1ccc(-c2ccccc2)cc1. The van der Waals surface area contributed by atoms with Gasteiger partial charge in [-0.2, -0.15) is 0 Å². The Labute approximate surface area is 138 Å². The van der Waals surface area contributed by atoms with Gasteiger partial charge in [0, 0.05) is 18.9 Å². The van der Waals surface area contributed by atoms with Gasteiger partial charge in [0.2, 0.25) is 0 Å². The van der Waals surface area contributed by atoms with Gasteiger partial charge in [-0.25, -0.2) is 0 Å². The predicted molar refractivity (Wildman–Crippen MR) is 93.7 cm³/mol. The van der Waals surface area contributed by atoms with E-state index in [1.54, 1.807) is 0 Å². The van der Waals surface area contributed by atoms with Crippen LogP contribution in [0.15, 0.2) is 54.6 Å². The molecule has 2 aromatic carbocycles. The number of carbonyl (C=O) groups excluding carboxylic acids is 1. The van der Waals surface area contributed by atoms with Crippen molar-refractivity contribution in [2.24, 2.45) is 0 Å². The van der Waals surface area contributed by atoms with E-state index in [4.69, 9.17) is 11.2 Å². The van der Waals surface area contributed by atoms with Gasteiger partial charge in [-0.3, -0.25) is 4.79 Å². The van der Waals surface area contributed by atoms with E-state index >= 15 is 0 Å². The number of carbonyl (C=O) groups is 1. The fourth-order valence-corrected chi connectivity index (χ4v) is 2.67. The van der Waals surface area contributed by atoms with Crippen molar-refractivity contribution in [1.29, 1.82) is 0 Å². The van der Waals surface area contributed by atoms with Gasteiger partial charge in [-0.05, 0) is 17.5 Å². The average molecular weight is 306 g/mol. The monoisotopic (exact) mass is 306 g/mol. The molecule has 2 aromatic rings. The molecular weight excluding hydrogens is 284 g/mol. The highest BCUT2D eigenvalue weighted by atomic mass is 16.6. The van der Waals surface area contributed by atoms with Gasteiger partial charge in [-0.1, -0.05) is 73.9 Å². The Hall–Kier alpha value is -2.53. The molecule has 0 heterocycles. The third kappa shape index (κ3) is 4.02. The number of hydrogen-bond acceptors (Lipinski definition) is 2. The minimum Gasteiger partial charge on any atom is -0.442 e. The third-order valence-electron chi connectivity index (χ3n) is 3.89. The maximum Gasteiger partial charge on any atom is 0.304 e. The van der Waals surface area contributed by atoms with Gasteiger partial charge >= 0.3 is 5.97 Å². The average Bonchev–Trinajstić information content (AvgIpc) is 2.59. The van der Waals surface area contributed by atoms with E-state index in [9.17, 15) is 4.79 Å². The molecule has 2 heteroatoms. The zero-order valence-corrected chi connectivity index (χ0v) is 13.7. The van der Waals surface area contributed by atoms with Gasteiger partial charge in [-0.15, -0.1) is 6.42 Å². The van der Waals surface area contributed by atoms with Crippen LogP contribution in [0.3, 0.4) is 0 Å². The largest absolute Gasteiger partial charge is 0.442 e. The molecule has 23 heavy (non-hydrogen) atoms. The van der Waals surface area contributed by atoms with E-state index in [1.807, 2.05) is 42.5 Å². The molecule has 0 fully saturated rings. The van der Waals surface area contributed by atoms with E-state index in [-0.39, 0.29) is 5.97 Å². The first-order valence-corrected chi connectivity index (χ1v) is 7.94. The summed E-state index contributed by atoms with van der Waals surface area (Å²) < 4.78 is 5.55. The lowest BCUT2D eigenvalue weighted by molar-refractivity contribution is -0.153. The molecule has 2 nitrogen and oxygen atoms in total. The summed E-state index contributed by atoms with van der Waals surface area (Å²) in [6.07, 6.45) is 8.27. The second kappa shape index (κ2) is 7.65. The molecule has 1 unspecified atom stereocenters. The summed E-state index contributed by atoms with van der Waals surface area (Å²) in [6.45, 7) is 3.49. The van der Waals surface area contributed by atoms with Crippen LogP contribution in [0.2, 0.25) is 0 Å². The highest BCUT2D eigenvalue weighted by molar-refractivity contribution is 5.68. The first kappa shape index (κ1) is 16.8. The van der Waals surface area contributed by atoms with Crippen LogP contribution in [0, 0.1) is 12.3 Å². The molecule has 0 amide bonds. The van der Waals surface area contributed by atoms with Gasteiger partial charge < -0.3 is 4.74 Å².